The largest absolute Gasteiger partial charge is 0.378 e. The van der Waals surface area contributed by atoms with Crippen molar-refractivity contribution >= 4 is 0 Å². The van der Waals surface area contributed by atoms with Crippen LogP contribution >= 0.6 is 0 Å². The van der Waals surface area contributed by atoms with Crippen LogP contribution in [0.5, 0.6) is 0 Å². The van der Waals surface area contributed by atoms with Gasteiger partial charge in [-0.15, -0.1) is 0 Å². The van der Waals surface area contributed by atoms with Crippen LogP contribution in [0.3, 0.4) is 0 Å². The molecule has 0 saturated carbocycles. The molecule has 5 nitrogen and oxygen atoms in total. The van der Waals surface area contributed by atoms with Gasteiger partial charge in [0.2, 0.25) is 0 Å². The highest BCUT2D eigenvalue weighted by Crippen LogP contribution is 2.26. The summed E-state index contributed by atoms with van der Waals surface area (Å²) in [6.45, 7) is 2.99. The Morgan fingerprint density at radius 1 is 1.69 bits per heavy atom. The van der Waals surface area contributed by atoms with Gasteiger partial charge in [-0.1, -0.05) is 6.92 Å². The maximum absolute atomic E-state index is 6.24. The molecule has 1 aromatic heterocycles. The molecule has 1 aliphatic heterocycles. The third-order valence-corrected chi connectivity index (χ3v) is 3.44. The molecule has 16 heavy (non-hydrogen) atoms. The molecule has 0 amide bonds. The van der Waals surface area contributed by atoms with Gasteiger partial charge in [0.1, 0.15) is 12.2 Å². The molecule has 3 atom stereocenters. The van der Waals surface area contributed by atoms with E-state index in [2.05, 4.69) is 17.0 Å². The topological polar surface area (TPSA) is 66.0 Å². The zero-order chi connectivity index (χ0) is 11.5. The van der Waals surface area contributed by atoms with Crippen LogP contribution in [0.1, 0.15) is 25.6 Å². The zero-order valence-corrected chi connectivity index (χ0v) is 9.97. The van der Waals surface area contributed by atoms with E-state index in [9.17, 15) is 0 Å². The summed E-state index contributed by atoms with van der Waals surface area (Å²) in [5.74, 6) is 1.41. The molecule has 1 aromatic rings. The smallest absolute Gasteiger partial charge is 0.138 e. The van der Waals surface area contributed by atoms with Crippen LogP contribution in [0.4, 0.5) is 0 Å². The quantitative estimate of drug-likeness (QED) is 0.808. The fourth-order valence-corrected chi connectivity index (χ4v) is 2.44. The average Bonchev–Trinajstić information content (AvgIpc) is 2.87. The number of nitrogens with two attached hydrogens (primary N) is 1. The summed E-state index contributed by atoms with van der Waals surface area (Å²) in [6.07, 6.45) is 4.78. The van der Waals surface area contributed by atoms with E-state index in [0.717, 1.165) is 31.7 Å². The van der Waals surface area contributed by atoms with Crippen LogP contribution in [0.25, 0.3) is 0 Å². The summed E-state index contributed by atoms with van der Waals surface area (Å²) < 4.78 is 7.45. The molecule has 0 bridgehead atoms. The standard InChI is InChI=1S/C11H20N4O/c1-3-10-8(4-5-16-10)9(12)6-11-13-7-14-15(11)2/h7-10H,3-6,12H2,1-2H3. The van der Waals surface area contributed by atoms with Crippen molar-refractivity contribution in [2.75, 3.05) is 6.61 Å². The minimum Gasteiger partial charge on any atom is -0.378 e. The minimum atomic E-state index is 0.121. The van der Waals surface area contributed by atoms with E-state index < -0.39 is 0 Å². The van der Waals surface area contributed by atoms with Gasteiger partial charge in [-0.05, 0) is 12.8 Å². The van der Waals surface area contributed by atoms with Crippen LogP contribution in [0, 0.1) is 5.92 Å². The SMILES string of the molecule is CCC1OCCC1C(N)Cc1ncnn1C. The monoisotopic (exact) mass is 224 g/mol. The van der Waals surface area contributed by atoms with E-state index >= 15 is 0 Å². The predicted molar refractivity (Wildman–Crippen MR) is 60.8 cm³/mol. The van der Waals surface area contributed by atoms with Gasteiger partial charge in [0.25, 0.3) is 0 Å². The van der Waals surface area contributed by atoms with Crippen molar-refractivity contribution in [2.45, 2.75) is 38.3 Å². The minimum absolute atomic E-state index is 0.121. The first-order valence-electron chi connectivity index (χ1n) is 5.92. The highest BCUT2D eigenvalue weighted by Gasteiger charge is 2.32. The molecule has 2 heterocycles. The van der Waals surface area contributed by atoms with Crippen molar-refractivity contribution in [2.24, 2.45) is 18.7 Å². The fraction of sp³-hybridized carbons (Fsp3) is 0.818. The van der Waals surface area contributed by atoms with Gasteiger partial charge in [0.05, 0.1) is 6.10 Å². The van der Waals surface area contributed by atoms with Crippen LogP contribution in [-0.2, 0) is 18.2 Å². The molecule has 90 valence electrons. The fourth-order valence-electron chi connectivity index (χ4n) is 2.44. The number of nitrogens with zero attached hydrogens (tertiary/aromatic N) is 3. The molecule has 5 heteroatoms. The van der Waals surface area contributed by atoms with Crippen LogP contribution < -0.4 is 5.73 Å². The molecule has 0 radical (unpaired) electrons. The van der Waals surface area contributed by atoms with Crippen molar-refractivity contribution in [3.63, 3.8) is 0 Å². The summed E-state index contributed by atoms with van der Waals surface area (Å²) in [5, 5.41) is 4.05. The highest BCUT2D eigenvalue weighted by molar-refractivity contribution is 4.93. The first-order chi connectivity index (χ1) is 7.72. The molecule has 1 fully saturated rings. The zero-order valence-electron chi connectivity index (χ0n) is 9.97. The Hall–Kier alpha value is -0.940. The Bertz CT molecular complexity index is 338. The summed E-state index contributed by atoms with van der Waals surface area (Å²) in [7, 11) is 1.90. The van der Waals surface area contributed by atoms with Crippen molar-refractivity contribution in [3.05, 3.63) is 12.2 Å². The van der Waals surface area contributed by atoms with Crippen LogP contribution in [0.2, 0.25) is 0 Å². The Morgan fingerprint density at radius 2 is 2.50 bits per heavy atom. The van der Waals surface area contributed by atoms with Crippen molar-refractivity contribution < 1.29 is 4.74 Å². The summed E-state index contributed by atoms with van der Waals surface area (Å²) in [4.78, 5) is 4.21. The number of hydrogen-bond donors (Lipinski definition) is 1. The second-order valence-corrected chi connectivity index (χ2v) is 4.44. The number of ether oxygens (including phenoxy) is 1. The number of aromatic nitrogens is 3. The molecule has 3 unspecified atom stereocenters. The Labute approximate surface area is 96.0 Å². The second kappa shape index (κ2) is 4.93. The van der Waals surface area contributed by atoms with Gasteiger partial charge in [-0.25, -0.2) is 4.98 Å². The van der Waals surface area contributed by atoms with Crippen LogP contribution in [-0.4, -0.2) is 33.5 Å². The maximum Gasteiger partial charge on any atom is 0.138 e. The summed E-state index contributed by atoms with van der Waals surface area (Å²) >= 11 is 0. The molecule has 0 aromatic carbocycles. The molecular formula is C11H20N4O. The van der Waals surface area contributed by atoms with E-state index in [4.69, 9.17) is 10.5 Å². The first-order valence-corrected chi connectivity index (χ1v) is 5.92. The second-order valence-electron chi connectivity index (χ2n) is 4.44. The normalized spacial score (nSPS) is 27.2. The third kappa shape index (κ3) is 2.25. The van der Waals surface area contributed by atoms with Gasteiger partial charge < -0.3 is 10.5 Å². The summed E-state index contributed by atoms with van der Waals surface area (Å²) in [6, 6.07) is 0.121. The molecule has 2 rings (SSSR count). The van der Waals surface area contributed by atoms with Crippen molar-refractivity contribution in [1.82, 2.24) is 14.8 Å². The van der Waals surface area contributed by atoms with E-state index in [-0.39, 0.29) is 6.04 Å². The third-order valence-electron chi connectivity index (χ3n) is 3.44. The Balaban J connectivity index is 1.97. The van der Waals surface area contributed by atoms with Gasteiger partial charge in [0, 0.05) is 32.0 Å². The highest BCUT2D eigenvalue weighted by atomic mass is 16.5. The number of aryl methyl sites for hydroxylation is 1. The number of rotatable bonds is 4. The van der Waals surface area contributed by atoms with E-state index in [1.807, 2.05) is 7.05 Å². The Kier molecular flexibility index (Phi) is 3.56. The van der Waals surface area contributed by atoms with Gasteiger partial charge in [0.15, 0.2) is 0 Å². The van der Waals surface area contributed by atoms with E-state index in [1.165, 1.54) is 0 Å². The molecule has 0 spiro atoms. The molecule has 2 N–H and O–H groups in total. The lowest BCUT2D eigenvalue weighted by Gasteiger charge is -2.23. The van der Waals surface area contributed by atoms with Gasteiger partial charge in [-0.3, -0.25) is 4.68 Å². The first kappa shape index (κ1) is 11.5. The lowest BCUT2D eigenvalue weighted by Crippen LogP contribution is -2.37. The predicted octanol–water partition coefficient (Wildman–Crippen LogP) is 0.500. The van der Waals surface area contributed by atoms with Gasteiger partial charge in [-0.2, -0.15) is 5.10 Å². The Morgan fingerprint density at radius 3 is 3.12 bits per heavy atom. The van der Waals surface area contributed by atoms with E-state index in [0.29, 0.717) is 12.0 Å². The molecule has 0 aliphatic carbocycles. The lowest BCUT2D eigenvalue weighted by atomic mass is 9.90. The maximum atomic E-state index is 6.24. The molecule has 1 saturated heterocycles. The number of hydrogen-bond acceptors (Lipinski definition) is 4. The van der Waals surface area contributed by atoms with Gasteiger partial charge >= 0.3 is 0 Å². The van der Waals surface area contributed by atoms with E-state index in [1.54, 1.807) is 11.0 Å². The van der Waals surface area contributed by atoms with Crippen molar-refractivity contribution in [3.8, 4) is 0 Å². The molecule has 1 aliphatic rings. The summed E-state index contributed by atoms with van der Waals surface area (Å²) in [5.41, 5.74) is 6.24. The lowest BCUT2D eigenvalue weighted by molar-refractivity contribution is 0.0811. The average molecular weight is 224 g/mol. The van der Waals surface area contributed by atoms with Crippen LogP contribution in [0.15, 0.2) is 6.33 Å². The van der Waals surface area contributed by atoms with Crippen molar-refractivity contribution in [1.29, 1.82) is 0 Å². The molecular weight excluding hydrogens is 204 g/mol.